The number of anilines is 1. The molecule has 4 aliphatic rings. The molecule has 3 aliphatic heterocycles. The van der Waals surface area contributed by atoms with Crippen molar-refractivity contribution < 1.29 is 24.0 Å². The number of halogens is 2. The van der Waals surface area contributed by atoms with Crippen molar-refractivity contribution in [3.63, 3.8) is 0 Å². The Hall–Kier alpha value is -3.74. The van der Waals surface area contributed by atoms with Gasteiger partial charge >= 0.3 is 6.03 Å². The molecule has 6 amide bonds. The van der Waals surface area contributed by atoms with Crippen LogP contribution in [0.15, 0.2) is 41.4 Å². The summed E-state index contributed by atoms with van der Waals surface area (Å²) in [6.45, 7) is 11.1. The van der Waals surface area contributed by atoms with Gasteiger partial charge in [-0.1, -0.05) is 23.7 Å². The van der Waals surface area contributed by atoms with Gasteiger partial charge in [-0.15, -0.1) is 12.4 Å². The minimum atomic E-state index is -0.966. The highest BCUT2D eigenvalue weighted by Crippen LogP contribution is 2.41. The van der Waals surface area contributed by atoms with E-state index in [0.29, 0.717) is 35.9 Å². The average molecular weight is 814 g/mol. The van der Waals surface area contributed by atoms with E-state index < -0.39 is 5.54 Å². The fourth-order valence-corrected chi connectivity index (χ4v) is 9.79. The van der Waals surface area contributed by atoms with E-state index in [1.807, 2.05) is 44.2 Å². The first-order valence-corrected chi connectivity index (χ1v) is 20.0. The van der Waals surface area contributed by atoms with Gasteiger partial charge in [-0.25, -0.2) is 9.78 Å². The fourth-order valence-electron chi connectivity index (χ4n) is 8.56. The number of piperazine rings is 1. The van der Waals surface area contributed by atoms with E-state index in [-0.39, 0.29) is 76.8 Å². The summed E-state index contributed by atoms with van der Waals surface area (Å²) in [6, 6.07) is 10.9. The van der Waals surface area contributed by atoms with Crippen LogP contribution >= 0.6 is 36.0 Å². The summed E-state index contributed by atoms with van der Waals surface area (Å²) in [5.74, 6) is -0.639. The molecule has 0 bridgehead atoms. The Labute approximate surface area is 338 Å². The van der Waals surface area contributed by atoms with Crippen LogP contribution in [0.4, 0.5) is 10.5 Å². The molecule has 0 radical (unpaired) electrons. The van der Waals surface area contributed by atoms with E-state index in [0.717, 1.165) is 75.7 Å². The molecule has 1 aromatic heterocycles. The van der Waals surface area contributed by atoms with Crippen LogP contribution in [0.3, 0.4) is 0 Å². The number of nitrogens with one attached hydrogen (secondary N) is 2. The predicted molar refractivity (Wildman–Crippen MR) is 212 cm³/mol. The van der Waals surface area contributed by atoms with E-state index in [1.54, 1.807) is 11.0 Å². The largest absolute Gasteiger partial charge is 0.338 e. The Kier molecular flexibility index (Phi) is 13.9. The van der Waals surface area contributed by atoms with Crippen molar-refractivity contribution in [2.24, 2.45) is 5.92 Å². The van der Waals surface area contributed by atoms with Gasteiger partial charge < -0.3 is 15.1 Å². The zero-order valence-corrected chi connectivity index (χ0v) is 34.1. The third kappa shape index (κ3) is 9.63. The SMILES string of the molecule is C[C@@H]1CN(CCCC2CCC(N3C(=O)N(Sc4cnc(C#N)c(Cl)c4)C(=O)C3(C)C)CC2)C[C@H](C)N1CC(=O)Nc1ccc(C2CCC(=O)NC2=O)cc1.Cl. The van der Waals surface area contributed by atoms with E-state index in [4.69, 9.17) is 16.9 Å². The van der Waals surface area contributed by atoms with Gasteiger partial charge in [-0.3, -0.25) is 29.4 Å². The lowest BCUT2D eigenvalue weighted by molar-refractivity contribution is -0.134. The minimum absolute atomic E-state index is 0. The molecule has 4 heterocycles. The van der Waals surface area contributed by atoms with Gasteiger partial charge in [0.25, 0.3) is 5.91 Å². The molecule has 2 aromatic rings. The molecule has 296 valence electrons. The van der Waals surface area contributed by atoms with E-state index in [1.165, 1.54) is 10.5 Å². The number of hydrogen-bond donors (Lipinski definition) is 2. The van der Waals surface area contributed by atoms with Crippen LogP contribution in [-0.4, -0.2) is 103 Å². The first-order chi connectivity index (χ1) is 25.7. The van der Waals surface area contributed by atoms with Crippen LogP contribution in [0.1, 0.15) is 96.2 Å². The zero-order chi connectivity index (χ0) is 38.7. The maximum atomic E-state index is 13.6. The van der Waals surface area contributed by atoms with Gasteiger partial charge in [0.15, 0.2) is 5.69 Å². The summed E-state index contributed by atoms with van der Waals surface area (Å²) in [7, 11) is 0. The summed E-state index contributed by atoms with van der Waals surface area (Å²) >= 11 is 7.14. The molecule has 1 aliphatic carbocycles. The van der Waals surface area contributed by atoms with E-state index in [2.05, 4.69) is 39.3 Å². The lowest BCUT2D eigenvalue weighted by atomic mass is 9.81. The predicted octanol–water partition coefficient (Wildman–Crippen LogP) is 5.97. The standard InChI is InChI=1S/C39H49ClN8O5S.ClH/c1-24-21-45(22-25(2)46(24)23-35(50)43-28-11-9-27(10-12-28)31-15-16-34(49)44-36(31)51)17-5-6-26-7-13-29(14-8-26)47-38(53)48(37(52)39(47,3)4)54-30-18-32(40)33(19-41)42-20-30;/h9-12,18,20,24-26,29,31H,5-8,13-17,21-23H2,1-4H3,(H,43,50)(H,44,49,51);1H/t24-,25+,26?,29?,31?;. The maximum absolute atomic E-state index is 13.6. The van der Waals surface area contributed by atoms with Gasteiger partial charge in [-0.2, -0.15) is 9.57 Å². The number of nitriles is 1. The Bertz CT molecular complexity index is 1800. The Morgan fingerprint density at radius 2 is 1.73 bits per heavy atom. The molecular weight excluding hydrogens is 763 g/mol. The summed E-state index contributed by atoms with van der Waals surface area (Å²) in [4.78, 5) is 74.9. The molecule has 13 nitrogen and oxygen atoms in total. The Morgan fingerprint density at radius 1 is 1.05 bits per heavy atom. The van der Waals surface area contributed by atoms with Crippen LogP contribution in [0, 0.1) is 17.2 Å². The molecule has 1 saturated carbocycles. The number of piperidine rings is 1. The molecule has 3 saturated heterocycles. The minimum Gasteiger partial charge on any atom is -0.325 e. The quantitative estimate of drug-likeness (QED) is 0.157. The number of rotatable bonds is 11. The van der Waals surface area contributed by atoms with Crippen molar-refractivity contribution in [2.75, 3.05) is 31.5 Å². The van der Waals surface area contributed by atoms with Gasteiger partial charge in [0.05, 0.1) is 17.5 Å². The molecule has 3 atom stereocenters. The molecule has 0 spiro atoms. The highest BCUT2D eigenvalue weighted by Gasteiger charge is 2.54. The number of aromatic nitrogens is 1. The van der Waals surface area contributed by atoms with Gasteiger partial charge in [-0.05, 0) is 109 Å². The second-order valence-corrected chi connectivity index (χ2v) is 17.1. The normalized spacial score (nSPS) is 26.0. The third-order valence-electron chi connectivity index (χ3n) is 11.4. The highest BCUT2D eigenvalue weighted by molar-refractivity contribution is 7.98. The molecule has 4 fully saturated rings. The van der Waals surface area contributed by atoms with Gasteiger partial charge in [0.1, 0.15) is 11.6 Å². The van der Waals surface area contributed by atoms with Crippen LogP contribution in [0.2, 0.25) is 5.02 Å². The number of urea groups is 1. The first-order valence-electron chi connectivity index (χ1n) is 18.9. The molecule has 2 N–H and O–H groups in total. The van der Waals surface area contributed by atoms with Gasteiger partial charge in [0.2, 0.25) is 17.7 Å². The van der Waals surface area contributed by atoms with Crippen molar-refractivity contribution in [1.29, 1.82) is 5.26 Å². The number of amides is 6. The fraction of sp³-hybridized carbons (Fsp3) is 0.564. The lowest BCUT2D eigenvalue weighted by Gasteiger charge is -2.44. The average Bonchev–Trinajstić information content (AvgIpc) is 3.29. The number of imide groups is 2. The zero-order valence-electron chi connectivity index (χ0n) is 31.8. The molecule has 1 unspecified atom stereocenters. The number of nitrogens with zero attached hydrogens (tertiary/aromatic N) is 6. The molecule has 6 rings (SSSR count). The summed E-state index contributed by atoms with van der Waals surface area (Å²) in [6.07, 6.45) is 8.20. The van der Waals surface area contributed by atoms with Crippen molar-refractivity contribution in [1.82, 2.24) is 29.3 Å². The van der Waals surface area contributed by atoms with Gasteiger partial charge in [0, 0.05) is 66.4 Å². The third-order valence-corrected chi connectivity index (χ3v) is 12.6. The number of benzene rings is 1. The maximum Gasteiger partial charge on any atom is 0.338 e. The molecular formula is C39H50Cl2N8O5S. The van der Waals surface area contributed by atoms with Crippen LogP contribution in [0.5, 0.6) is 0 Å². The highest BCUT2D eigenvalue weighted by atomic mass is 35.5. The monoisotopic (exact) mass is 812 g/mol. The number of pyridine rings is 1. The van der Waals surface area contributed by atoms with Crippen molar-refractivity contribution in [3.05, 3.63) is 52.8 Å². The summed E-state index contributed by atoms with van der Waals surface area (Å²) < 4.78 is 1.20. The van der Waals surface area contributed by atoms with Crippen LogP contribution in [-0.2, 0) is 19.2 Å². The smallest absolute Gasteiger partial charge is 0.325 e. The summed E-state index contributed by atoms with van der Waals surface area (Å²) in [5.41, 5.74) is 0.640. The van der Waals surface area contributed by atoms with E-state index >= 15 is 0 Å². The Balaban J connectivity index is 0.00000580. The van der Waals surface area contributed by atoms with Crippen LogP contribution in [0.25, 0.3) is 0 Å². The Morgan fingerprint density at radius 3 is 2.35 bits per heavy atom. The second kappa shape index (κ2) is 18.0. The van der Waals surface area contributed by atoms with Crippen LogP contribution < -0.4 is 10.6 Å². The molecule has 1 aromatic carbocycles. The second-order valence-electron chi connectivity index (χ2n) is 15.6. The van der Waals surface area contributed by atoms with Crippen molar-refractivity contribution in [2.45, 2.75) is 114 Å². The molecule has 16 heteroatoms. The lowest BCUT2D eigenvalue weighted by Crippen LogP contribution is -2.58. The van der Waals surface area contributed by atoms with Crippen molar-refractivity contribution >= 4 is 71.3 Å². The number of carbonyl (C=O) groups is 5. The van der Waals surface area contributed by atoms with E-state index in [9.17, 15) is 24.0 Å². The summed E-state index contributed by atoms with van der Waals surface area (Å²) in [5, 5.41) is 14.7. The number of hydrogen-bond acceptors (Lipinski definition) is 10. The topological polar surface area (TPSA) is 159 Å². The first kappa shape index (κ1) is 42.4. The van der Waals surface area contributed by atoms with Crippen molar-refractivity contribution in [3.8, 4) is 6.07 Å². The number of carbonyl (C=O) groups excluding carboxylic acids is 5. The molecule has 55 heavy (non-hydrogen) atoms.